The number of ether oxygens (including phenoxy) is 1. The number of hydrogen-bond donors (Lipinski definition) is 1. The van der Waals surface area contributed by atoms with Gasteiger partial charge in [-0.25, -0.2) is 0 Å². The topological polar surface area (TPSA) is 21.3 Å². The van der Waals surface area contributed by atoms with E-state index in [4.69, 9.17) is 4.74 Å². The molecule has 15 heavy (non-hydrogen) atoms. The Balaban J connectivity index is 1.97. The molecule has 1 N–H and O–H groups in total. The molecule has 1 unspecified atom stereocenters. The fourth-order valence-electron chi connectivity index (χ4n) is 2.86. The van der Waals surface area contributed by atoms with Crippen LogP contribution in [0.1, 0.15) is 47.0 Å². The largest absolute Gasteiger partial charge is 0.368 e. The van der Waals surface area contributed by atoms with Crippen molar-refractivity contribution >= 4 is 0 Å². The molecule has 0 aromatic carbocycles. The van der Waals surface area contributed by atoms with E-state index < -0.39 is 0 Å². The Bertz CT molecular complexity index is 260. The van der Waals surface area contributed by atoms with Crippen molar-refractivity contribution in [2.24, 2.45) is 0 Å². The standard InChI is InChI=1S/C13H23NO/c1-12(2)9-11(13(3,4)15-12)14-10-7-5-6-8-10/h5-6,10-11,14H,7-9H2,1-4H3. The number of hydrogen-bond acceptors (Lipinski definition) is 2. The fraction of sp³-hybridized carbons (Fsp3) is 0.846. The average molecular weight is 209 g/mol. The summed E-state index contributed by atoms with van der Waals surface area (Å²) in [5, 5.41) is 3.74. The first-order chi connectivity index (χ1) is 6.89. The van der Waals surface area contributed by atoms with Gasteiger partial charge in [0.2, 0.25) is 0 Å². The van der Waals surface area contributed by atoms with E-state index in [2.05, 4.69) is 45.2 Å². The van der Waals surface area contributed by atoms with Crippen LogP contribution in [0.4, 0.5) is 0 Å². The highest BCUT2D eigenvalue weighted by molar-refractivity contribution is 5.04. The van der Waals surface area contributed by atoms with Gasteiger partial charge in [0.25, 0.3) is 0 Å². The highest BCUT2D eigenvalue weighted by Crippen LogP contribution is 2.37. The summed E-state index contributed by atoms with van der Waals surface area (Å²) in [4.78, 5) is 0. The van der Waals surface area contributed by atoms with Crippen molar-refractivity contribution in [3.05, 3.63) is 12.2 Å². The van der Waals surface area contributed by atoms with Crippen LogP contribution >= 0.6 is 0 Å². The monoisotopic (exact) mass is 209 g/mol. The van der Waals surface area contributed by atoms with Gasteiger partial charge in [0.15, 0.2) is 0 Å². The molecule has 1 atom stereocenters. The van der Waals surface area contributed by atoms with Gasteiger partial charge in [-0.2, -0.15) is 0 Å². The Labute approximate surface area is 93.1 Å². The Morgan fingerprint density at radius 3 is 2.20 bits per heavy atom. The normalized spacial score (nSPS) is 33.7. The molecule has 2 rings (SSSR count). The van der Waals surface area contributed by atoms with E-state index >= 15 is 0 Å². The molecule has 0 saturated carbocycles. The van der Waals surface area contributed by atoms with Gasteiger partial charge in [-0.1, -0.05) is 12.2 Å². The van der Waals surface area contributed by atoms with Crippen molar-refractivity contribution in [3.63, 3.8) is 0 Å². The molecule has 2 heteroatoms. The zero-order valence-corrected chi connectivity index (χ0v) is 10.3. The van der Waals surface area contributed by atoms with Crippen molar-refractivity contribution < 1.29 is 4.74 Å². The zero-order valence-electron chi connectivity index (χ0n) is 10.3. The lowest BCUT2D eigenvalue weighted by molar-refractivity contribution is -0.0703. The maximum Gasteiger partial charge on any atom is 0.0787 e. The van der Waals surface area contributed by atoms with Crippen LogP contribution < -0.4 is 5.32 Å². The second kappa shape index (κ2) is 3.60. The van der Waals surface area contributed by atoms with Crippen LogP contribution in [0.5, 0.6) is 0 Å². The quantitative estimate of drug-likeness (QED) is 0.706. The summed E-state index contributed by atoms with van der Waals surface area (Å²) >= 11 is 0. The first kappa shape index (κ1) is 11.2. The number of nitrogens with one attached hydrogen (secondary N) is 1. The van der Waals surface area contributed by atoms with Crippen molar-refractivity contribution in [3.8, 4) is 0 Å². The lowest BCUT2D eigenvalue weighted by Gasteiger charge is -2.29. The summed E-state index contributed by atoms with van der Waals surface area (Å²) in [5.74, 6) is 0. The van der Waals surface area contributed by atoms with E-state index in [1.54, 1.807) is 0 Å². The van der Waals surface area contributed by atoms with Gasteiger partial charge in [-0.3, -0.25) is 0 Å². The van der Waals surface area contributed by atoms with Crippen LogP contribution in [-0.2, 0) is 4.74 Å². The number of rotatable bonds is 2. The van der Waals surface area contributed by atoms with Gasteiger partial charge in [-0.15, -0.1) is 0 Å². The summed E-state index contributed by atoms with van der Waals surface area (Å²) in [6.45, 7) is 8.76. The highest BCUT2D eigenvalue weighted by atomic mass is 16.5. The molecule has 1 saturated heterocycles. The predicted molar refractivity (Wildman–Crippen MR) is 62.9 cm³/mol. The SMILES string of the molecule is CC1(C)CC(NC2CC=CC2)C(C)(C)O1. The second-order valence-corrected chi connectivity index (χ2v) is 6.03. The molecule has 86 valence electrons. The minimum atomic E-state index is -0.0356. The molecule has 0 radical (unpaired) electrons. The molecule has 1 aliphatic heterocycles. The third kappa shape index (κ3) is 2.43. The lowest BCUT2D eigenvalue weighted by Crippen LogP contribution is -2.47. The smallest absolute Gasteiger partial charge is 0.0787 e. The van der Waals surface area contributed by atoms with Crippen LogP contribution in [0.2, 0.25) is 0 Å². The summed E-state index contributed by atoms with van der Waals surface area (Å²) < 4.78 is 6.08. The second-order valence-electron chi connectivity index (χ2n) is 6.03. The Morgan fingerprint density at radius 2 is 1.73 bits per heavy atom. The lowest BCUT2D eigenvalue weighted by atomic mass is 9.93. The van der Waals surface area contributed by atoms with Crippen LogP contribution in [0.25, 0.3) is 0 Å². The summed E-state index contributed by atoms with van der Waals surface area (Å²) in [5.41, 5.74) is -0.0146. The van der Waals surface area contributed by atoms with Crippen molar-refractivity contribution in [2.75, 3.05) is 0 Å². The van der Waals surface area contributed by atoms with Crippen LogP contribution in [0.3, 0.4) is 0 Å². The third-order valence-corrected chi connectivity index (χ3v) is 3.52. The molecular formula is C13H23NO. The minimum absolute atomic E-state index is 0.0210. The first-order valence-electron chi connectivity index (χ1n) is 6.00. The molecule has 2 nitrogen and oxygen atoms in total. The summed E-state index contributed by atoms with van der Waals surface area (Å²) in [6.07, 6.45) is 7.99. The van der Waals surface area contributed by atoms with E-state index in [-0.39, 0.29) is 11.2 Å². The van der Waals surface area contributed by atoms with Gasteiger partial charge < -0.3 is 10.1 Å². The maximum absolute atomic E-state index is 6.08. The molecule has 0 aromatic heterocycles. The maximum atomic E-state index is 6.08. The fourth-order valence-corrected chi connectivity index (χ4v) is 2.86. The van der Waals surface area contributed by atoms with Gasteiger partial charge >= 0.3 is 0 Å². The van der Waals surface area contributed by atoms with Crippen LogP contribution in [0, 0.1) is 0 Å². The van der Waals surface area contributed by atoms with Crippen molar-refractivity contribution in [1.29, 1.82) is 0 Å². The average Bonchev–Trinajstić information content (AvgIpc) is 2.58. The Morgan fingerprint density at radius 1 is 1.13 bits per heavy atom. The van der Waals surface area contributed by atoms with E-state index in [0.717, 1.165) is 6.42 Å². The third-order valence-electron chi connectivity index (χ3n) is 3.52. The van der Waals surface area contributed by atoms with Crippen LogP contribution in [-0.4, -0.2) is 23.3 Å². The van der Waals surface area contributed by atoms with Gasteiger partial charge in [0, 0.05) is 12.1 Å². The summed E-state index contributed by atoms with van der Waals surface area (Å²) in [7, 11) is 0. The molecule has 1 aliphatic carbocycles. The molecule has 2 aliphatic rings. The van der Waals surface area contributed by atoms with Crippen LogP contribution in [0.15, 0.2) is 12.2 Å². The molecule has 0 bridgehead atoms. The van der Waals surface area contributed by atoms with E-state index in [1.807, 2.05) is 0 Å². The predicted octanol–water partition coefficient (Wildman–Crippen LogP) is 2.64. The van der Waals surface area contributed by atoms with E-state index in [0.29, 0.717) is 12.1 Å². The molecule has 0 amide bonds. The minimum Gasteiger partial charge on any atom is -0.368 e. The molecule has 0 spiro atoms. The molecule has 1 heterocycles. The molecule has 0 aromatic rings. The molecular weight excluding hydrogens is 186 g/mol. The van der Waals surface area contributed by atoms with Crippen molar-refractivity contribution in [1.82, 2.24) is 5.32 Å². The van der Waals surface area contributed by atoms with Gasteiger partial charge in [-0.05, 0) is 47.0 Å². The van der Waals surface area contributed by atoms with Gasteiger partial charge in [0.05, 0.1) is 11.2 Å². The van der Waals surface area contributed by atoms with Crippen molar-refractivity contribution in [2.45, 2.75) is 70.2 Å². The zero-order chi connectivity index (χ0) is 11.1. The van der Waals surface area contributed by atoms with E-state index in [9.17, 15) is 0 Å². The Kier molecular flexibility index (Phi) is 2.68. The summed E-state index contributed by atoms with van der Waals surface area (Å²) in [6, 6.07) is 1.11. The highest BCUT2D eigenvalue weighted by Gasteiger charge is 2.46. The Hall–Kier alpha value is -0.340. The molecule has 1 fully saturated rings. The van der Waals surface area contributed by atoms with Gasteiger partial charge in [0.1, 0.15) is 0 Å². The van der Waals surface area contributed by atoms with E-state index in [1.165, 1.54) is 12.8 Å². The first-order valence-corrected chi connectivity index (χ1v) is 6.00.